The van der Waals surface area contributed by atoms with Crippen LogP contribution in [0, 0.1) is 0 Å². The summed E-state index contributed by atoms with van der Waals surface area (Å²) in [6, 6.07) is 5.92. The summed E-state index contributed by atoms with van der Waals surface area (Å²) >= 11 is 0. The van der Waals surface area contributed by atoms with Crippen LogP contribution in [0.15, 0.2) is 22.6 Å². The van der Waals surface area contributed by atoms with E-state index in [9.17, 15) is 0 Å². The van der Waals surface area contributed by atoms with Crippen molar-refractivity contribution in [2.24, 2.45) is 0 Å². The van der Waals surface area contributed by atoms with Crippen LogP contribution in [0.25, 0.3) is 11.1 Å². The maximum absolute atomic E-state index is 8.78. The second-order valence-electron chi connectivity index (χ2n) is 3.80. The normalized spacial score (nSPS) is 12.9. The number of hydrogen-bond acceptors (Lipinski definition) is 5. The van der Waals surface area contributed by atoms with Gasteiger partial charge >= 0.3 is 0 Å². The minimum absolute atomic E-state index is 0.121. The van der Waals surface area contributed by atoms with E-state index in [0.717, 1.165) is 5.52 Å². The average Bonchev–Trinajstić information content (AvgIpc) is 2.59. The molecule has 0 saturated heterocycles. The molecule has 0 aliphatic carbocycles. The molecule has 1 aromatic heterocycles. The van der Waals surface area contributed by atoms with Gasteiger partial charge in [0.25, 0.3) is 6.01 Å². The molecule has 0 spiro atoms. The first-order chi connectivity index (χ1) is 7.69. The standard InChI is InChI=1S/C11H15N3O2/c1-7(4-5-15)13-11-14-9-3-2-8(12)6-10(9)16-11/h2-3,6-7,15H,4-5,12H2,1H3,(H,13,14). The molecule has 0 bridgehead atoms. The summed E-state index contributed by atoms with van der Waals surface area (Å²) in [6.07, 6.45) is 0.654. The van der Waals surface area contributed by atoms with E-state index in [1.165, 1.54) is 0 Å². The molecule has 2 rings (SSSR count). The molecule has 0 radical (unpaired) electrons. The Hall–Kier alpha value is -1.75. The number of aliphatic hydroxyl groups is 1. The third-order valence-corrected chi connectivity index (χ3v) is 2.34. The lowest BCUT2D eigenvalue weighted by molar-refractivity contribution is 0.281. The molecule has 1 atom stereocenters. The SMILES string of the molecule is CC(CCO)Nc1nc2ccc(N)cc2o1. The molecule has 86 valence electrons. The Morgan fingerprint density at radius 1 is 1.56 bits per heavy atom. The zero-order valence-electron chi connectivity index (χ0n) is 9.10. The van der Waals surface area contributed by atoms with Gasteiger partial charge in [0.05, 0.1) is 0 Å². The molecule has 5 heteroatoms. The van der Waals surface area contributed by atoms with Crippen LogP contribution in [0.2, 0.25) is 0 Å². The van der Waals surface area contributed by atoms with Crippen molar-refractivity contribution in [1.29, 1.82) is 0 Å². The van der Waals surface area contributed by atoms with E-state index in [4.69, 9.17) is 15.3 Å². The van der Waals surface area contributed by atoms with Gasteiger partial charge in [0.2, 0.25) is 0 Å². The first-order valence-corrected chi connectivity index (χ1v) is 5.22. The Morgan fingerprint density at radius 2 is 2.38 bits per heavy atom. The van der Waals surface area contributed by atoms with Crippen molar-refractivity contribution < 1.29 is 9.52 Å². The second kappa shape index (κ2) is 4.40. The predicted molar refractivity (Wildman–Crippen MR) is 63.2 cm³/mol. The number of nitrogens with two attached hydrogens (primary N) is 1. The van der Waals surface area contributed by atoms with Gasteiger partial charge in [0, 0.05) is 24.4 Å². The average molecular weight is 221 g/mol. The molecule has 16 heavy (non-hydrogen) atoms. The monoisotopic (exact) mass is 221 g/mol. The summed E-state index contributed by atoms with van der Waals surface area (Å²) in [7, 11) is 0. The molecule has 0 amide bonds. The Kier molecular flexibility index (Phi) is 2.96. The van der Waals surface area contributed by atoms with E-state index in [0.29, 0.717) is 23.7 Å². The van der Waals surface area contributed by atoms with Gasteiger partial charge in [-0.1, -0.05) is 0 Å². The maximum Gasteiger partial charge on any atom is 0.295 e. The Balaban J connectivity index is 2.19. The highest BCUT2D eigenvalue weighted by Crippen LogP contribution is 2.21. The number of nitrogens with zero attached hydrogens (tertiary/aromatic N) is 1. The van der Waals surface area contributed by atoms with Crippen LogP contribution >= 0.6 is 0 Å². The molecular formula is C11H15N3O2. The molecule has 1 aromatic carbocycles. The van der Waals surface area contributed by atoms with Crippen LogP contribution in [0.4, 0.5) is 11.7 Å². The largest absolute Gasteiger partial charge is 0.423 e. The van der Waals surface area contributed by atoms with Crippen molar-refractivity contribution in [1.82, 2.24) is 4.98 Å². The maximum atomic E-state index is 8.78. The molecule has 0 aliphatic heterocycles. The number of nitrogen functional groups attached to an aromatic ring is 1. The third-order valence-electron chi connectivity index (χ3n) is 2.34. The summed E-state index contributed by atoms with van der Waals surface area (Å²) in [6.45, 7) is 2.10. The number of aromatic nitrogens is 1. The molecule has 1 heterocycles. The lowest BCUT2D eigenvalue weighted by Gasteiger charge is -2.08. The summed E-state index contributed by atoms with van der Waals surface area (Å²) in [5.41, 5.74) is 7.73. The van der Waals surface area contributed by atoms with Crippen LogP contribution in [-0.4, -0.2) is 22.7 Å². The van der Waals surface area contributed by atoms with E-state index in [-0.39, 0.29) is 12.6 Å². The van der Waals surface area contributed by atoms with Crippen LogP contribution < -0.4 is 11.1 Å². The quantitative estimate of drug-likeness (QED) is 0.683. The van der Waals surface area contributed by atoms with Gasteiger partial charge in [-0.25, -0.2) is 0 Å². The van der Waals surface area contributed by atoms with Crippen molar-refractivity contribution >= 4 is 22.8 Å². The number of fused-ring (bicyclic) bond motifs is 1. The van der Waals surface area contributed by atoms with Gasteiger partial charge < -0.3 is 20.6 Å². The lowest BCUT2D eigenvalue weighted by Crippen LogP contribution is -2.16. The molecule has 4 N–H and O–H groups in total. The van der Waals surface area contributed by atoms with Gasteiger partial charge in [0.15, 0.2) is 5.58 Å². The highest BCUT2D eigenvalue weighted by molar-refractivity contribution is 5.78. The zero-order chi connectivity index (χ0) is 11.5. The topological polar surface area (TPSA) is 84.3 Å². The molecule has 0 fully saturated rings. The van der Waals surface area contributed by atoms with Crippen molar-refractivity contribution in [3.63, 3.8) is 0 Å². The highest BCUT2D eigenvalue weighted by Gasteiger charge is 2.08. The number of oxazole rings is 1. The third kappa shape index (κ3) is 2.25. The predicted octanol–water partition coefficient (Wildman–Crippen LogP) is 1.59. The van der Waals surface area contributed by atoms with Crippen LogP contribution in [-0.2, 0) is 0 Å². The van der Waals surface area contributed by atoms with Crippen LogP contribution in [0.1, 0.15) is 13.3 Å². The van der Waals surface area contributed by atoms with Gasteiger partial charge in [0.1, 0.15) is 5.52 Å². The Labute approximate surface area is 93.3 Å². The first kappa shape index (κ1) is 10.8. The van der Waals surface area contributed by atoms with Gasteiger partial charge in [-0.2, -0.15) is 4.98 Å². The second-order valence-corrected chi connectivity index (χ2v) is 3.80. The number of aliphatic hydroxyl groups excluding tert-OH is 1. The minimum atomic E-state index is 0.121. The van der Waals surface area contributed by atoms with Crippen molar-refractivity contribution in [3.8, 4) is 0 Å². The van der Waals surface area contributed by atoms with Crippen LogP contribution in [0.3, 0.4) is 0 Å². The first-order valence-electron chi connectivity index (χ1n) is 5.22. The van der Waals surface area contributed by atoms with Crippen molar-refractivity contribution in [2.75, 3.05) is 17.7 Å². The Morgan fingerprint density at radius 3 is 3.12 bits per heavy atom. The summed E-state index contributed by atoms with van der Waals surface area (Å²) < 4.78 is 5.48. The van der Waals surface area contributed by atoms with E-state index in [2.05, 4.69) is 10.3 Å². The molecule has 0 aliphatic rings. The van der Waals surface area contributed by atoms with Crippen molar-refractivity contribution in [3.05, 3.63) is 18.2 Å². The van der Waals surface area contributed by atoms with E-state index >= 15 is 0 Å². The van der Waals surface area contributed by atoms with E-state index in [1.807, 2.05) is 13.0 Å². The summed E-state index contributed by atoms with van der Waals surface area (Å²) in [5.74, 6) is 0. The number of benzene rings is 1. The molecule has 2 aromatic rings. The van der Waals surface area contributed by atoms with Crippen LogP contribution in [0.5, 0.6) is 0 Å². The number of nitrogens with one attached hydrogen (secondary N) is 1. The summed E-state index contributed by atoms with van der Waals surface area (Å²) in [5, 5.41) is 11.9. The molecular weight excluding hydrogens is 206 g/mol. The summed E-state index contributed by atoms with van der Waals surface area (Å²) in [4.78, 5) is 4.26. The fourth-order valence-corrected chi connectivity index (χ4v) is 1.48. The van der Waals surface area contributed by atoms with Gasteiger partial charge in [-0.05, 0) is 25.5 Å². The Bertz CT molecular complexity index is 481. The zero-order valence-corrected chi connectivity index (χ0v) is 9.10. The van der Waals surface area contributed by atoms with Gasteiger partial charge in [-0.3, -0.25) is 0 Å². The van der Waals surface area contributed by atoms with E-state index < -0.39 is 0 Å². The number of hydrogen-bond donors (Lipinski definition) is 3. The van der Waals surface area contributed by atoms with E-state index in [1.54, 1.807) is 12.1 Å². The number of rotatable bonds is 4. The van der Waals surface area contributed by atoms with Crippen molar-refractivity contribution in [2.45, 2.75) is 19.4 Å². The smallest absolute Gasteiger partial charge is 0.295 e. The molecule has 0 saturated carbocycles. The molecule has 5 nitrogen and oxygen atoms in total. The minimum Gasteiger partial charge on any atom is -0.423 e. The number of anilines is 2. The molecule has 1 unspecified atom stereocenters. The van der Waals surface area contributed by atoms with Gasteiger partial charge in [-0.15, -0.1) is 0 Å². The fraction of sp³-hybridized carbons (Fsp3) is 0.364. The lowest BCUT2D eigenvalue weighted by atomic mass is 10.2. The highest BCUT2D eigenvalue weighted by atomic mass is 16.4. The fourth-order valence-electron chi connectivity index (χ4n) is 1.48.